The third-order valence-corrected chi connectivity index (χ3v) is 4.80. The lowest BCUT2D eigenvalue weighted by atomic mass is 10.1. The average Bonchev–Trinajstić information content (AvgIpc) is 2.58. The molecule has 1 N–H and O–H groups in total. The second-order valence-electron chi connectivity index (χ2n) is 6.69. The molecule has 0 amide bonds. The molecule has 3 nitrogen and oxygen atoms in total. The zero-order chi connectivity index (χ0) is 18.2. The minimum atomic E-state index is 0.521. The number of methoxy groups -OCH3 is 1. The number of benzene rings is 2. The molecule has 4 heteroatoms. The monoisotopic (exact) mass is 405 g/mol. The Morgan fingerprint density at radius 1 is 1.16 bits per heavy atom. The van der Waals surface area contributed by atoms with Crippen molar-refractivity contribution in [3.63, 3.8) is 0 Å². The van der Waals surface area contributed by atoms with E-state index in [1.54, 1.807) is 7.11 Å². The molecule has 0 aliphatic rings. The van der Waals surface area contributed by atoms with Crippen LogP contribution in [0.1, 0.15) is 37.0 Å². The van der Waals surface area contributed by atoms with Gasteiger partial charge in [-0.2, -0.15) is 0 Å². The molecule has 25 heavy (non-hydrogen) atoms. The Hall–Kier alpha value is -1.52. The molecule has 0 heterocycles. The van der Waals surface area contributed by atoms with E-state index in [4.69, 9.17) is 9.47 Å². The van der Waals surface area contributed by atoms with E-state index in [1.165, 1.54) is 5.56 Å². The Labute approximate surface area is 159 Å². The van der Waals surface area contributed by atoms with Crippen molar-refractivity contribution in [2.75, 3.05) is 13.7 Å². The number of hydrogen-bond donors (Lipinski definition) is 1. The topological polar surface area (TPSA) is 30.5 Å². The lowest BCUT2D eigenvalue weighted by Crippen LogP contribution is -2.17. The van der Waals surface area contributed by atoms with Crippen LogP contribution < -0.4 is 14.8 Å². The van der Waals surface area contributed by atoms with Gasteiger partial charge in [0.25, 0.3) is 0 Å². The summed E-state index contributed by atoms with van der Waals surface area (Å²) < 4.78 is 12.7. The fraction of sp³-hybridized carbons (Fsp3) is 0.429. The van der Waals surface area contributed by atoms with Crippen LogP contribution in [0.25, 0.3) is 0 Å². The molecule has 0 unspecified atom stereocenters. The van der Waals surface area contributed by atoms with Crippen LogP contribution in [-0.2, 0) is 13.2 Å². The lowest BCUT2D eigenvalue weighted by molar-refractivity contribution is 0.280. The highest BCUT2D eigenvalue weighted by molar-refractivity contribution is 9.10. The smallest absolute Gasteiger partial charge is 0.167 e. The van der Waals surface area contributed by atoms with Crippen LogP contribution in [0.3, 0.4) is 0 Å². The molecular weight excluding hydrogens is 378 g/mol. The third-order valence-electron chi connectivity index (χ3n) is 4.05. The van der Waals surface area contributed by atoms with Gasteiger partial charge in [-0.05, 0) is 43.5 Å². The third kappa shape index (κ3) is 6.05. The molecule has 0 saturated carbocycles. The number of halogens is 1. The van der Waals surface area contributed by atoms with E-state index >= 15 is 0 Å². The first-order valence-electron chi connectivity index (χ1n) is 8.75. The summed E-state index contributed by atoms with van der Waals surface area (Å²) in [4.78, 5) is 0. The van der Waals surface area contributed by atoms with Gasteiger partial charge >= 0.3 is 0 Å². The summed E-state index contributed by atoms with van der Waals surface area (Å²) in [6.45, 7) is 8.81. The van der Waals surface area contributed by atoms with Gasteiger partial charge < -0.3 is 14.8 Å². The maximum atomic E-state index is 6.16. The maximum absolute atomic E-state index is 6.16. The van der Waals surface area contributed by atoms with Crippen molar-refractivity contribution in [3.05, 3.63) is 57.6 Å². The molecule has 0 bridgehead atoms. The number of aryl methyl sites for hydroxylation is 1. The highest BCUT2D eigenvalue weighted by Crippen LogP contribution is 2.36. The van der Waals surface area contributed by atoms with Crippen LogP contribution in [-0.4, -0.2) is 13.7 Å². The SMILES string of the molecule is COc1ccc(Br)c(CNCCC(C)C)c1OCc1cccc(C)c1. The Balaban J connectivity index is 2.14. The average molecular weight is 406 g/mol. The summed E-state index contributed by atoms with van der Waals surface area (Å²) in [5.74, 6) is 2.25. The highest BCUT2D eigenvalue weighted by atomic mass is 79.9. The Kier molecular flexibility index (Phi) is 7.79. The summed E-state index contributed by atoms with van der Waals surface area (Å²) in [6.07, 6.45) is 1.15. The molecule has 0 aliphatic carbocycles. The fourth-order valence-electron chi connectivity index (χ4n) is 2.63. The fourth-order valence-corrected chi connectivity index (χ4v) is 3.08. The molecule has 0 spiro atoms. The first-order chi connectivity index (χ1) is 12.0. The Bertz CT molecular complexity index is 686. The minimum Gasteiger partial charge on any atom is -0.493 e. The standard InChI is InChI=1S/C21H28BrNO2/c1-15(2)10-11-23-13-18-19(22)8-9-20(24-4)21(18)25-14-17-7-5-6-16(3)12-17/h5-9,12,15,23H,10-11,13-14H2,1-4H3. The lowest BCUT2D eigenvalue weighted by Gasteiger charge is -2.17. The maximum Gasteiger partial charge on any atom is 0.167 e. The molecule has 2 aromatic carbocycles. The normalized spacial score (nSPS) is 11.0. The van der Waals surface area contributed by atoms with Crippen molar-refractivity contribution < 1.29 is 9.47 Å². The summed E-state index contributed by atoms with van der Waals surface area (Å²) >= 11 is 3.65. The summed E-state index contributed by atoms with van der Waals surface area (Å²) in [5.41, 5.74) is 3.48. The number of hydrogen-bond acceptors (Lipinski definition) is 3. The second kappa shape index (κ2) is 9.83. The first kappa shape index (κ1) is 19.8. The van der Waals surface area contributed by atoms with Crippen molar-refractivity contribution in [1.82, 2.24) is 5.32 Å². The van der Waals surface area contributed by atoms with Crippen LogP contribution in [0.4, 0.5) is 0 Å². The van der Waals surface area contributed by atoms with Crippen LogP contribution >= 0.6 is 15.9 Å². The van der Waals surface area contributed by atoms with Gasteiger partial charge in [-0.3, -0.25) is 0 Å². The zero-order valence-electron chi connectivity index (χ0n) is 15.6. The van der Waals surface area contributed by atoms with Crippen molar-refractivity contribution in [3.8, 4) is 11.5 Å². The number of ether oxygens (including phenoxy) is 2. The number of nitrogens with one attached hydrogen (secondary N) is 1. The van der Waals surface area contributed by atoms with Crippen molar-refractivity contribution in [2.24, 2.45) is 5.92 Å². The quantitative estimate of drug-likeness (QED) is 0.560. The predicted molar refractivity (Wildman–Crippen MR) is 107 cm³/mol. The zero-order valence-corrected chi connectivity index (χ0v) is 17.2. The summed E-state index contributed by atoms with van der Waals surface area (Å²) in [7, 11) is 1.68. The largest absolute Gasteiger partial charge is 0.493 e. The molecule has 0 fully saturated rings. The van der Waals surface area contributed by atoms with E-state index in [-0.39, 0.29) is 0 Å². The molecular formula is C21H28BrNO2. The van der Waals surface area contributed by atoms with Gasteiger partial charge in [-0.15, -0.1) is 0 Å². The Morgan fingerprint density at radius 2 is 1.96 bits per heavy atom. The molecule has 0 aliphatic heterocycles. The predicted octanol–water partition coefficient (Wildman–Crippen LogP) is 5.48. The van der Waals surface area contributed by atoms with Crippen molar-refractivity contribution in [1.29, 1.82) is 0 Å². The second-order valence-corrected chi connectivity index (χ2v) is 7.55. The van der Waals surface area contributed by atoms with Crippen LogP contribution in [0.2, 0.25) is 0 Å². The number of rotatable bonds is 9. The van der Waals surface area contributed by atoms with Crippen molar-refractivity contribution in [2.45, 2.75) is 40.3 Å². The van der Waals surface area contributed by atoms with Gasteiger partial charge in [0.1, 0.15) is 6.61 Å². The first-order valence-corrected chi connectivity index (χ1v) is 9.55. The minimum absolute atomic E-state index is 0.521. The van der Waals surface area contributed by atoms with Gasteiger partial charge in [0.2, 0.25) is 0 Å². The Morgan fingerprint density at radius 3 is 2.64 bits per heavy atom. The van der Waals surface area contributed by atoms with E-state index in [0.29, 0.717) is 12.5 Å². The molecule has 0 radical (unpaired) electrons. The highest BCUT2D eigenvalue weighted by Gasteiger charge is 2.15. The summed E-state index contributed by atoms with van der Waals surface area (Å²) in [5, 5.41) is 3.51. The van der Waals surface area contributed by atoms with E-state index < -0.39 is 0 Å². The molecule has 0 saturated heterocycles. The molecule has 0 atom stereocenters. The van der Waals surface area contributed by atoms with Gasteiger partial charge in [-0.1, -0.05) is 59.6 Å². The molecule has 2 aromatic rings. The van der Waals surface area contributed by atoms with E-state index in [2.05, 4.69) is 66.3 Å². The van der Waals surface area contributed by atoms with E-state index in [1.807, 2.05) is 12.1 Å². The van der Waals surface area contributed by atoms with E-state index in [0.717, 1.165) is 46.6 Å². The van der Waals surface area contributed by atoms with Gasteiger partial charge in [-0.25, -0.2) is 0 Å². The molecule has 2 rings (SSSR count). The molecule has 0 aromatic heterocycles. The van der Waals surface area contributed by atoms with Crippen LogP contribution in [0.5, 0.6) is 11.5 Å². The molecule has 136 valence electrons. The summed E-state index contributed by atoms with van der Waals surface area (Å²) in [6, 6.07) is 12.3. The van der Waals surface area contributed by atoms with Gasteiger partial charge in [0, 0.05) is 16.6 Å². The van der Waals surface area contributed by atoms with Crippen LogP contribution in [0.15, 0.2) is 40.9 Å². The van der Waals surface area contributed by atoms with Crippen LogP contribution in [0, 0.1) is 12.8 Å². The van der Waals surface area contributed by atoms with Gasteiger partial charge in [0.15, 0.2) is 11.5 Å². The van der Waals surface area contributed by atoms with Crippen molar-refractivity contribution >= 4 is 15.9 Å². The van der Waals surface area contributed by atoms with E-state index in [9.17, 15) is 0 Å². The van der Waals surface area contributed by atoms with Gasteiger partial charge in [0.05, 0.1) is 7.11 Å².